The summed E-state index contributed by atoms with van der Waals surface area (Å²) in [5.74, 6) is 0.986. The van der Waals surface area contributed by atoms with E-state index in [0.717, 1.165) is 32.4 Å². The molecule has 8 rings (SSSR count). The van der Waals surface area contributed by atoms with Crippen molar-refractivity contribution in [1.82, 2.24) is 9.97 Å². The van der Waals surface area contributed by atoms with Gasteiger partial charge in [0.2, 0.25) is 6.79 Å². The molecule has 0 saturated carbocycles. The van der Waals surface area contributed by atoms with E-state index < -0.39 is 0 Å². The summed E-state index contributed by atoms with van der Waals surface area (Å²) < 4.78 is 23.6. The number of carbonyl (C=O) groups is 2. The summed E-state index contributed by atoms with van der Waals surface area (Å²) in [5.41, 5.74) is 6.75. The first-order chi connectivity index (χ1) is 21.0. The number of methoxy groups -OCH3 is 1. The van der Waals surface area contributed by atoms with Crippen LogP contribution in [0.1, 0.15) is 33.0 Å². The smallest absolute Gasteiger partial charge is 0.310 e. The summed E-state index contributed by atoms with van der Waals surface area (Å²) in [6.45, 7) is 0.566. The molecule has 3 heterocycles. The highest BCUT2D eigenvalue weighted by atomic mass is 127. The Balaban J connectivity index is 1.24. The van der Waals surface area contributed by atoms with Crippen LogP contribution >= 0.6 is 22.6 Å². The van der Waals surface area contributed by atoms with Crippen LogP contribution in [0.3, 0.4) is 0 Å². The van der Waals surface area contributed by atoms with Crippen molar-refractivity contribution in [3.05, 3.63) is 92.6 Å². The quantitative estimate of drug-likeness (QED) is 0.143. The average Bonchev–Trinajstić information content (AvgIpc) is 3.63. The molecule has 1 aromatic heterocycles. The molecular weight excluding hydrogens is 661 g/mol. The molecule has 1 aliphatic carbocycles. The number of esters is 1. The lowest BCUT2D eigenvalue weighted by atomic mass is 9.67. The van der Waals surface area contributed by atoms with Crippen LogP contribution in [-0.2, 0) is 16.0 Å². The molecule has 10 heteroatoms. The third-order valence-corrected chi connectivity index (χ3v) is 9.45. The van der Waals surface area contributed by atoms with Crippen LogP contribution in [0, 0.1) is 15.4 Å². The normalized spacial score (nSPS) is 20.0. The molecule has 214 valence electrons. The average molecular weight is 685 g/mol. The first kappa shape index (κ1) is 26.2. The molecular formula is C33H24IN3O6. The fourth-order valence-electron chi connectivity index (χ4n) is 6.53. The van der Waals surface area contributed by atoms with Crippen molar-refractivity contribution in [2.45, 2.75) is 12.3 Å². The number of anilines is 1. The molecule has 2 aliphatic heterocycles. The lowest BCUT2D eigenvalue weighted by Crippen LogP contribution is -2.31. The zero-order valence-corrected chi connectivity index (χ0v) is 25.1. The number of rotatable bonds is 4. The number of fused-ring (bicyclic) bond motifs is 5. The van der Waals surface area contributed by atoms with E-state index in [0.29, 0.717) is 51.4 Å². The Morgan fingerprint density at radius 1 is 0.953 bits per heavy atom. The minimum Gasteiger partial charge on any atom is -0.494 e. The van der Waals surface area contributed by atoms with Crippen molar-refractivity contribution in [2.75, 3.05) is 25.8 Å². The summed E-state index contributed by atoms with van der Waals surface area (Å²) >= 11 is 2.15. The number of hydrogen-bond donors (Lipinski definition) is 1. The molecule has 1 amide bonds. The van der Waals surface area contributed by atoms with Gasteiger partial charge >= 0.3 is 5.97 Å². The van der Waals surface area contributed by atoms with Gasteiger partial charge in [-0.15, -0.1) is 0 Å². The number of amides is 1. The summed E-state index contributed by atoms with van der Waals surface area (Å²) in [5, 5.41) is 2.98. The Labute approximate surface area is 259 Å². The molecule has 5 aromatic rings. The molecule has 1 N–H and O–H groups in total. The summed E-state index contributed by atoms with van der Waals surface area (Å²) in [7, 11) is 1.60. The van der Waals surface area contributed by atoms with Crippen LogP contribution in [0.5, 0.6) is 17.2 Å². The Bertz CT molecular complexity index is 2000. The van der Waals surface area contributed by atoms with Crippen molar-refractivity contribution in [3.8, 4) is 17.2 Å². The highest BCUT2D eigenvalue weighted by Gasteiger charge is 2.48. The zero-order chi connectivity index (χ0) is 29.2. The van der Waals surface area contributed by atoms with Gasteiger partial charge in [-0.05, 0) is 100 Å². The maximum atomic E-state index is 13.1. The lowest BCUT2D eigenvalue weighted by Gasteiger charge is -2.33. The fraction of sp³-hybridized carbons (Fsp3) is 0.212. The maximum Gasteiger partial charge on any atom is 0.310 e. The number of carbonyl (C=O) groups excluding carboxylic acids is 2. The van der Waals surface area contributed by atoms with E-state index in [1.54, 1.807) is 13.2 Å². The van der Waals surface area contributed by atoms with Crippen LogP contribution in [-0.4, -0.2) is 42.4 Å². The number of ether oxygens (including phenoxy) is 4. The summed E-state index contributed by atoms with van der Waals surface area (Å²) in [6.07, 6.45) is 0.727. The van der Waals surface area contributed by atoms with Crippen molar-refractivity contribution < 1.29 is 28.5 Å². The lowest BCUT2D eigenvalue weighted by molar-refractivity contribution is -0.141. The number of benzene rings is 4. The van der Waals surface area contributed by atoms with E-state index >= 15 is 0 Å². The van der Waals surface area contributed by atoms with E-state index in [9.17, 15) is 9.59 Å². The first-order valence-corrected chi connectivity index (χ1v) is 15.0. The molecule has 1 saturated heterocycles. The van der Waals surface area contributed by atoms with Crippen LogP contribution in [0.4, 0.5) is 5.69 Å². The number of nitrogens with zero attached hydrogens (tertiary/aromatic N) is 2. The van der Waals surface area contributed by atoms with Crippen LogP contribution < -0.4 is 19.5 Å². The van der Waals surface area contributed by atoms with Gasteiger partial charge in [0.05, 0.1) is 41.7 Å². The number of hydrogen-bond acceptors (Lipinski definition) is 8. The SMILES string of the molecule is COc1cc([C@@H]2c3cc4c(cc3C[C@H]3COC(=O)[C@@H]32)OCO4)cc2nc3cc(NC(=O)c4ccccc4I)ccc3nc12. The van der Waals surface area contributed by atoms with Gasteiger partial charge in [-0.2, -0.15) is 0 Å². The molecule has 3 aliphatic rings. The maximum absolute atomic E-state index is 13.1. The largest absolute Gasteiger partial charge is 0.494 e. The van der Waals surface area contributed by atoms with Gasteiger partial charge in [-0.25, -0.2) is 9.97 Å². The molecule has 3 atom stereocenters. The predicted molar refractivity (Wildman–Crippen MR) is 167 cm³/mol. The summed E-state index contributed by atoms with van der Waals surface area (Å²) in [6, 6.07) is 20.8. The Morgan fingerprint density at radius 2 is 1.79 bits per heavy atom. The van der Waals surface area contributed by atoms with Gasteiger partial charge < -0.3 is 24.3 Å². The second kappa shape index (κ2) is 10.1. The molecule has 0 radical (unpaired) electrons. The summed E-state index contributed by atoms with van der Waals surface area (Å²) in [4.78, 5) is 35.9. The third-order valence-electron chi connectivity index (χ3n) is 8.51. The molecule has 0 unspecified atom stereocenters. The molecule has 0 spiro atoms. The van der Waals surface area contributed by atoms with Crippen LogP contribution in [0.15, 0.2) is 66.7 Å². The highest BCUT2D eigenvalue weighted by molar-refractivity contribution is 14.1. The van der Waals surface area contributed by atoms with Gasteiger partial charge in [0.25, 0.3) is 5.91 Å². The number of nitrogens with one attached hydrogen (secondary N) is 1. The zero-order valence-electron chi connectivity index (χ0n) is 22.9. The van der Waals surface area contributed by atoms with Crippen molar-refractivity contribution in [2.24, 2.45) is 11.8 Å². The van der Waals surface area contributed by atoms with Gasteiger partial charge in [0.15, 0.2) is 11.5 Å². The van der Waals surface area contributed by atoms with E-state index in [-0.39, 0.29) is 36.4 Å². The minimum atomic E-state index is -0.342. The number of halogens is 1. The molecule has 4 aromatic carbocycles. The van der Waals surface area contributed by atoms with Crippen LogP contribution in [0.2, 0.25) is 0 Å². The predicted octanol–water partition coefficient (Wildman–Crippen LogP) is 5.85. The molecule has 9 nitrogen and oxygen atoms in total. The van der Waals surface area contributed by atoms with Crippen molar-refractivity contribution in [1.29, 1.82) is 0 Å². The fourth-order valence-corrected chi connectivity index (χ4v) is 7.16. The van der Waals surface area contributed by atoms with E-state index in [1.165, 1.54) is 0 Å². The molecule has 43 heavy (non-hydrogen) atoms. The van der Waals surface area contributed by atoms with Gasteiger partial charge in [0, 0.05) is 21.1 Å². The molecule has 1 fully saturated rings. The Morgan fingerprint density at radius 3 is 2.63 bits per heavy atom. The second-order valence-corrected chi connectivity index (χ2v) is 12.1. The van der Waals surface area contributed by atoms with Crippen LogP contribution in [0.25, 0.3) is 22.1 Å². The van der Waals surface area contributed by atoms with Gasteiger partial charge in [-0.1, -0.05) is 12.1 Å². The van der Waals surface area contributed by atoms with Gasteiger partial charge in [-0.3, -0.25) is 9.59 Å². The van der Waals surface area contributed by atoms with Crippen molar-refractivity contribution in [3.63, 3.8) is 0 Å². The minimum absolute atomic E-state index is 0.0496. The number of cyclic esters (lactones) is 1. The number of aromatic nitrogens is 2. The monoisotopic (exact) mass is 685 g/mol. The Kier molecular flexibility index (Phi) is 6.14. The molecule has 0 bridgehead atoms. The second-order valence-electron chi connectivity index (χ2n) is 11.0. The highest BCUT2D eigenvalue weighted by Crippen LogP contribution is 2.51. The Hall–Kier alpha value is -4.45. The third kappa shape index (κ3) is 4.34. The van der Waals surface area contributed by atoms with E-state index in [2.05, 4.69) is 27.9 Å². The van der Waals surface area contributed by atoms with Gasteiger partial charge in [0.1, 0.15) is 11.3 Å². The van der Waals surface area contributed by atoms with Crippen molar-refractivity contribution >= 4 is 62.2 Å². The van der Waals surface area contributed by atoms with E-state index in [1.807, 2.05) is 60.7 Å². The van der Waals surface area contributed by atoms with E-state index in [4.69, 9.17) is 28.9 Å². The topological polar surface area (TPSA) is 109 Å². The first-order valence-electron chi connectivity index (χ1n) is 13.9. The standard InChI is InChI=1S/C33H24IN3O6/c1-40-28-11-17(29-21-13-27-26(42-15-43-27)10-16(21)8-18-14-41-33(39)30(18)29)9-25-31(28)37-23-7-6-19(12-24(23)36-25)35-32(38)20-4-2-3-5-22(20)34/h2-7,9-13,18,29-30H,8,14-15H2,1H3,(H,35,38)/t18-,29+,30-/m0/s1.